The molecule has 0 unspecified atom stereocenters. The van der Waals surface area contributed by atoms with Crippen LogP contribution in [0.4, 0.5) is 21.5 Å². The van der Waals surface area contributed by atoms with Gasteiger partial charge in [-0.05, 0) is 24.3 Å². The largest absolute Gasteiger partial charge is 0.744 e. The summed E-state index contributed by atoms with van der Waals surface area (Å²) in [4.78, 5) is 25.3. The van der Waals surface area contributed by atoms with Crippen molar-refractivity contribution in [2.45, 2.75) is 4.90 Å². The zero-order valence-electron chi connectivity index (χ0n) is 14.6. The molecule has 0 saturated carbocycles. The Morgan fingerprint density at radius 1 is 0.897 bits per heavy atom. The zero-order valence-corrected chi connectivity index (χ0v) is 15.4. The van der Waals surface area contributed by atoms with Crippen LogP contribution in [0.1, 0.15) is 31.8 Å². The third-order valence-corrected chi connectivity index (χ3v) is 5.45. The molecule has 0 aliphatic heterocycles. The van der Waals surface area contributed by atoms with E-state index in [2.05, 4.69) is 5.32 Å². The van der Waals surface area contributed by atoms with Crippen LogP contribution in [-0.2, 0) is 10.1 Å². The number of halogens is 1. The van der Waals surface area contributed by atoms with E-state index in [1.54, 1.807) is 12.1 Å². The highest BCUT2D eigenvalue weighted by Crippen LogP contribution is 2.39. The Kier molecular flexibility index (Phi) is 4.21. The van der Waals surface area contributed by atoms with E-state index in [9.17, 15) is 27.0 Å². The smallest absolute Gasteiger partial charge is 0.196 e. The summed E-state index contributed by atoms with van der Waals surface area (Å²) < 4.78 is 48.7. The minimum absolute atomic E-state index is 0.0499. The van der Waals surface area contributed by atoms with E-state index < -0.39 is 38.1 Å². The number of hydrogen-bond donors (Lipinski definition) is 2. The molecule has 9 heteroatoms. The van der Waals surface area contributed by atoms with Gasteiger partial charge in [0, 0.05) is 16.8 Å². The Bertz CT molecular complexity index is 1320. The van der Waals surface area contributed by atoms with Crippen LogP contribution >= 0.6 is 0 Å². The molecule has 3 aromatic carbocycles. The van der Waals surface area contributed by atoms with Gasteiger partial charge in [-0.2, -0.15) is 0 Å². The lowest BCUT2D eigenvalue weighted by molar-refractivity contribution is 0.0980. The molecule has 7 nitrogen and oxygen atoms in total. The number of nitrogens with one attached hydrogen (secondary N) is 1. The summed E-state index contributed by atoms with van der Waals surface area (Å²) >= 11 is 0. The number of fused-ring (bicyclic) bond motifs is 2. The molecule has 0 radical (unpaired) electrons. The highest BCUT2D eigenvalue weighted by Gasteiger charge is 2.35. The highest BCUT2D eigenvalue weighted by molar-refractivity contribution is 7.86. The first kappa shape index (κ1) is 18.8. The van der Waals surface area contributed by atoms with E-state index in [0.717, 1.165) is 12.1 Å². The zero-order chi connectivity index (χ0) is 20.9. The number of carbonyl (C=O) groups is 2. The molecule has 0 aromatic heterocycles. The number of benzene rings is 3. The molecule has 0 saturated heterocycles. The van der Waals surface area contributed by atoms with Gasteiger partial charge in [0.25, 0.3) is 0 Å². The van der Waals surface area contributed by atoms with Gasteiger partial charge in [-0.3, -0.25) is 9.59 Å². The number of nitrogens with two attached hydrogens (primary N) is 1. The second-order valence-corrected chi connectivity index (χ2v) is 7.73. The van der Waals surface area contributed by atoms with Crippen molar-refractivity contribution >= 4 is 38.7 Å². The van der Waals surface area contributed by atoms with Crippen LogP contribution in [0.3, 0.4) is 0 Å². The van der Waals surface area contributed by atoms with E-state index in [4.69, 9.17) is 5.73 Å². The summed E-state index contributed by atoms with van der Waals surface area (Å²) in [5, 5.41) is 2.72. The van der Waals surface area contributed by atoms with Crippen LogP contribution in [-0.4, -0.2) is 24.5 Å². The van der Waals surface area contributed by atoms with Crippen molar-refractivity contribution in [1.29, 1.82) is 0 Å². The Balaban J connectivity index is 2.03. The van der Waals surface area contributed by atoms with Crippen LogP contribution in [0.25, 0.3) is 0 Å². The van der Waals surface area contributed by atoms with E-state index in [-0.39, 0.29) is 33.6 Å². The van der Waals surface area contributed by atoms with Crippen molar-refractivity contribution in [1.82, 2.24) is 0 Å². The molecule has 4 rings (SSSR count). The summed E-state index contributed by atoms with van der Waals surface area (Å²) in [6.07, 6.45) is 0. The van der Waals surface area contributed by atoms with Gasteiger partial charge < -0.3 is 15.6 Å². The number of anilines is 3. The summed E-state index contributed by atoms with van der Waals surface area (Å²) in [6.45, 7) is 0. The van der Waals surface area contributed by atoms with Crippen molar-refractivity contribution in [3.63, 3.8) is 0 Å². The first-order chi connectivity index (χ1) is 13.7. The molecule has 0 atom stereocenters. The minimum atomic E-state index is -5.06. The van der Waals surface area contributed by atoms with Crippen LogP contribution in [0.2, 0.25) is 0 Å². The molecular formula is C20H12FN2O5S-. The fraction of sp³-hybridized carbons (Fsp3) is 0. The molecule has 0 spiro atoms. The van der Waals surface area contributed by atoms with Gasteiger partial charge in [0.05, 0.1) is 27.4 Å². The maximum absolute atomic E-state index is 13.6. The van der Waals surface area contributed by atoms with Gasteiger partial charge in [-0.15, -0.1) is 0 Å². The summed E-state index contributed by atoms with van der Waals surface area (Å²) in [6, 6.07) is 12.1. The van der Waals surface area contributed by atoms with Crippen LogP contribution in [0.5, 0.6) is 0 Å². The molecule has 0 heterocycles. The molecule has 29 heavy (non-hydrogen) atoms. The third-order valence-electron chi connectivity index (χ3n) is 4.57. The van der Waals surface area contributed by atoms with Gasteiger partial charge in [-0.25, -0.2) is 12.8 Å². The molecular weight excluding hydrogens is 399 g/mol. The second-order valence-electron chi connectivity index (χ2n) is 6.38. The SMILES string of the molecule is Nc1c(S(=O)(=O)[O-])cc(Nc2cccc(F)c2)c2c1C(=O)c1ccccc1C2=O. The normalized spacial score (nSPS) is 13.0. The van der Waals surface area contributed by atoms with Gasteiger partial charge in [0.15, 0.2) is 11.6 Å². The maximum atomic E-state index is 13.6. The fourth-order valence-electron chi connectivity index (χ4n) is 3.32. The van der Waals surface area contributed by atoms with Gasteiger partial charge >= 0.3 is 0 Å². The van der Waals surface area contributed by atoms with E-state index in [1.165, 1.54) is 30.3 Å². The van der Waals surface area contributed by atoms with E-state index in [0.29, 0.717) is 0 Å². The average Bonchev–Trinajstić information content (AvgIpc) is 2.66. The standard InChI is InChI=1S/C20H13FN2O5S/c21-10-4-3-5-11(8-10)23-14-9-15(29(26,27)28)18(22)17-16(14)19(24)12-6-1-2-7-13(12)20(17)25/h1-9,23H,22H2,(H,26,27,28)/p-1. The number of carbonyl (C=O) groups excluding carboxylic acids is 2. The molecule has 1 aliphatic rings. The van der Waals surface area contributed by atoms with Crippen molar-refractivity contribution < 1.29 is 27.0 Å². The van der Waals surface area contributed by atoms with Crippen molar-refractivity contribution in [3.8, 4) is 0 Å². The first-order valence-electron chi connectivity index (χ1n) is 8.32. The molecule has 0 fully saturated rings. The Morgan fingerprint density at radius 3 is 2.10 bits per heavy atom. The molecule has 1 aliphatic carbocycles. The average molecular weight is 411 g/mol. The summed E-state index contributed by atoms with van der Waals surface area (Å²) in [7, 11) is -5.06. The van der Waals surface area contributed by atoms with Crippen LogP contribution in [0.15, 0.2) is 59.5 Å². The van der Waals surface area contributed by atoms with Crippen molar-refractivity contribution in [2.75, 3.05) is 11.1 Å². The van der Waals surface area contributed by atoms with E-state index in [1.807, 2.05) is 0 Å². The molecule has 0 bridgehead atoms. The Hall–Kier alpha value is -3.56. The van der Waals surface area contributed by atoms with Crippen LogP contribution in [0, 0.1) is 5.82 Å². The van der Waals surface area contributed by atoms with E-state index >= 15 is 0 Å². The molecule has 0 amide bonds. The number of ketones is 2. The molecule has 3 N–H and O–H groups in total. The minimum Gasteiger partial charge on any atom is -0.744 e. The number of hydrogen-bond acceptors (Lipinski definition) is 7. The summed E-state index contributed by atoms with van der Waals surface area (Å²) in [5.74, 6) is -1.83. The first-order valence-corrected chi connectivity index (χ1v) is 9.72. The van der Waals surface area contributed by atoms with Gasteiger partial charge in [-0.1, -0.05) is 30.3 Å². The maximum Gasteiger partial charge on any atom is 0.196 e. The number of nitrogen functional groups attached to an aromatic ring is 1. The van der Waals surface area contributed by atoms with Gasteiger partial charge in [0.1, 0.15) is 15.9 Å². The summed E-state index contributed by atoms with van der Waals surface area (Å²) in [5.41, 5.74) is 4.92. The second kappa shape index (κ2) is 6.50. The van der Waals surface area contributed by atoms with Crippen LogP contribution < -0.4 is 11.1 Å². The lowest BCUT2D eigenvalue weighted by Crippen LogP contribution is -2.25. The lowest BCUT2D eigenvalue weighted by Gasteiger charge is -2.25. The third kappa shape index (κ3) is 3.06. The predicted molar refractivity (Wildman–Crippen MR) is 102 cm³/mol. The van der Waals surface area contributed by atoms with Crippen molar-refractivity contribution in [2.24, 2.45) is 0 Å². The number of rotatable bonds is 3. The molecule has 3 aromatic rings. The lowest BCUT2D eigenvalue weighted by atomic mass is 9.82. The fourth-order valence-corrected chi connectivity index (χ4v) is 3.95. The Morgan fingerprint density at radius 2 is 1.52 bits per heavy atom. The highest BCUT2D eigenvalue weighted by atomic mass is 32.2. The quantitative estimate of drug-likeness (QED) is 0.392. The topological polar surface area (TPSA) is 129 Å². The Labute approximate surface area is 164 Å². The van der Waals surface area contributed by atoms with Crippen molar-refractivity contribution in [3.05, 3.63) is 82.7 Å². The molecule has 146 valence electrons. The monoisotopic (exact) mass is 411 g/mol. The predicted octanol–water partition coefficient (Wildman–Crippen LogP) is 2.83. The van der Waals surface area contributed by atoms with Gasteiger partial charge in [0.2, 0.25) is 0 Å².